The van der Waals surface area contributed by atoms with Gasteiger partial charge in [-0.15, -0.1) is 0 Å². The van der Waals surface area contributed by atoms with Gasteiger partial charge in [0.05, 0.1) is 12.1 Å². The third kappa shape index (κ3) is 3.46. The maximum Gasteiger partial charge on any atom is 0.228 e. The number of carbonyl (C=O) groups is 1. The van der Waals surface area contributed by atoms with Crippen molar-refractivity contribution in [3.05, 3.63) is 76.7 Å². The van der Waals surface area contributed by atoms with Crippen LogP contribution in [0.2, 0.25) is 0 Å². The molecule has 4 nitrogen and oxygen atoms in total. The fraction of sp³-hybridized carbons (Fsp3) is 0.100. The van der Waals surface area contributed by atoms with Gasteiger partial charge in [-0.05, 0) is 59.1 Å². The van der Waals surface area contributed by atoms with Crippen LogP contribution in [0.3, 0.4) is 0 Å². The molecular weight excluding hydrogens is 330 g/mol. The maximum absolute atomic E-state index is 12.1. The van der Waals surface area contributed by atoms with Crippen LogP contribution in [0.4, 0.5) is 5.69 Å². The van der Waals surface area contributed by atoms with Crippen LogP contribution in [0.1, 0.15) is 11.1 Å². The Morgan fingerprint density at radius 2 is 2.04 bits per heavy atom. The summed E-state index contributed by atoms with van der Waals surface area (Å²) in [5, 5.41) is 6.91. The van der Waals surface area contributed by atoms with E-state index in [-0.39, 0.29) is 5.91 Å². The van der Waals surface area contributed by atoms with Crippen LogP contribution in [0, 0.1) is 6.92 Å². The number of thiophene rings is 1. The molecule has 124 valence electrons. The number of pyridine rings is 1. The monoisotopic (exact) mass is 347 g/mol. The van der Waals surface area contributed by atoms with Gasteiger partial charge in [-0.1, -0.05) is 12.1 Å². The molecule has 25 heavy (non-hydrogen) atoms. The van der Waals surface area contributed by atoms with E-state index in [1.54, 1.807) is 11.3 Å². The van der Waals surface area contributed by atoms with Crippen molar-refractivity contribution in [2.75, 3.05) is 5.32 Å². The highest BCUT2D eigenvalue weighted by Gasteiger charge is 2.07. The van der Waals surface area contributed by atoms with Gasteiger partial charge in [0.1, 0.15) is 5.65 Å². The van der Waals surface area contributed by atoms with E-state index < -0.39 is 0 Å². The number of rotatable bonds is 4. The lowest BCUT2D eigenvalue weighted by Gasteiger charge is -2.05. The molecule has 3 heterocycles. The first kappa shape index (κ1) is 15.6. The molecule has 1 amide bonds. The number of anilines is 1. The molecule has 0 radical (unpaired) electrons. The minimum absolute atomic E-state index is 0.00523. The molecule has 4 aromatic rings. The zero-order chi connectivity index (χ0) is 17.2. The van der Waals surface area contributed by atoms with E-state index in [0.717, 1.165) is 28.2 Å². The van der Waals surface area contributed by atoms with E-state index in [4.69, 9.17) is 0 Å². The Hall–Kier alpha value is -2.92. The first-order valence-corrected chi connectivity index (χ1v) is 8.98. The lowest BCUT2D eigenvalue weighted by atomic mass is 10.1. The first-order chi connectivity index (χ1) is 12.2. The Balaban J connectivity index is 1.50. The standard InChI is InChI=1S/C20H17N3OS/c1-14-6-8-23-12-18(22-19(23)10-14)16-2-4-17(5-3-16)21-20(24)11-15-7-9-25-13-15/h2-10,12-13H,11H2,1H3,(H,21,24). The lowest BCUT2D eigenvalue weighted by molar-refractivity contribution is -0.115. The van der Waals surface area contributed by atoms with Crippen molar-refractivity contribution in [1.82, 2.24) is 9.38 Å². The average Bonchev–Trinajstić information content (AvgIpc) is 3.24. The molecule has 4 rings (SSSR count). The Morgan fingerprint density at radius 3 is 2.80 bits per heavy atom. The van der Waals surface area contributed by atoms with Crippen molar-refractivity contribution >= 4 is 28.6 Å². The molecule has 0 atom stereocenters. The van der Waals surface area contributed by atoms with E-state index >= 15 is 0 Å². The highest BCUT2D eigenvalue weighted by atomic mass is 32.1. The number of aromatic nitrogens is 2. The minimum Gasteiger partial charge on any atom is -0.326 e. The Bertz CT molecular complexity index is 1020. The quantitative estimate of drug-likeness (QED) is 0.588. The van der Waals surface area contributed by atoms with Gasteiger partial charge in [0, 0.05) is 23.6 Å². The van der Waals surface area contributed by atoms with E-state index in [1.807, 2.05) is 57.9 Å². The molecule has 1 N–H and O–H groups in total. The van der Waals surface area contributed by atoms with Gasteiger partial charge < -0.3 is 9.72 Å². The highest BCUT2D eigenvalue weighted by Crippen LogP contribution is 2.22. The molecule has 5 heteroatoms. The minimum atomic E-state index is -0.00523. The highest BCUT2D eigenvalue weighted by molar-refractivity contribution is 7.08. The summed E-state index contributed by atoms with van der Waals surface area (Å²) in [6.45, 7) is 2.06. The largest absolute Gasteiger partial charge is 0.326 e. The van der Waals surface area contributed by atoms with Crippen molar-refractivity contribution in [1.29, 1.82) is 0 Å². The summed E-state index contributed by atoms with van der Waals surface area (Å²) in [5.74, 6) is -0.00523. The number of amides is 1. The first-order valence-electron chi connectivity index (χ1n) is 8.04. The number of fused-ring (bicyclic) bond motifs is 1. The molecule has 3 aromatic heterocycles. The number of benzene rings is 1. The van der Waals surface area contributed by atoms with Gasteiger partial charge in [0.25, 0.3) is 0 Å². The Labute approximate surface area is 149 Å². The summed E-state index contributed by atoms with van der Waals surface area (Å²) in [6, 6.07) is 13.9. The number of hydrogen-bond acceptors (Lipinski definition) is 3. The van der Waals surface area contributed by atoms with Crippen LogP contribution in [0.15, 0.2) is 65.6 Å². The van der Waals surface area contributed by atoms with E-state index in [1.165, 1.54) is 5.56 Å². The van der Waals surface area contributed by atoms with Crippen LogP contribution < -0.4 is 5.32 Å². The molecule has 0 fully saturated rings. The molecule has 1 aromatic carbocycles. The van der Waals surface area contributed by atoms with Crippen molar-refractivity contribution in [2.24, 2.45) is 0 Å². The third-order valence-corrected chi connectivity index (χ3v) is 4.76. The summed E-state index contributed by atoms with van der Waals surface area (Å²) < 4.78 is 2.01. The lowest BCUT2D eigenvalue weighted by Crippen LogP contribution is -2.13. The number of nitrogens with one attached hydrogen (secondary N) is 1. The number of imidazole rings is 1. The van der Waals surface area contributed by atoms with Gasteiger partial charge in [-0.25, -0.2) is 4.98 Å². The zero-order valence-electron chi connectivity index (χ0n) is 13.8. The number of hydrogen-bond donors (Lipinski definition) is 1. The summed E-state index contributed by atoms with van der Waals surface area (Å²) in [6.07, 6.45) is 4.43. The molecule has 0 saturated heterocycles. The fourth-order valence-corrected chi connectivity index (χ4v) is 3.40. The number of carbonyl (C=O) groups excluding carboxylic acids is 1. The zero-order valence-corrected chi connectivity index (χ0v) is 14.6. The fourth-order valence-electron chi connectivity index (χ4n) is 2.73. The topological polar surface area (TPSA) is 46.4 Å². The molecule has 0 unspecified atom stereocenters. The van der Waals surface area contributed by atoms with Gasteiger partial charge >= 0.3 is 0 Å². The number of nitrogens with zero attached hydrogens (tertiary/aromatic N) is 2. The third-order valence-electron chi connectivity index (χ3n) is 4.02. The summed E-state index contributed by atoms with van der Waals surface area (Å²) in [4.78, 5) is 16.7. The maximum atomic E-state index is 12.1. The molecule has 0 saturated carbocycles. The van der Waals surface area contributed by atoms with Crippen LogP contribution in [-0.2, 0) is 11.2 Å². The number of aryl methyl sites for hydroxylation is 1. The normalized spacial score (nSPS) is 10.9. The van der Waals surface area contributed by atoms with Gasteiger partial charge in [0.15, 0.2) is 0 Å². The summed E-state index contributed by atoms with van der Waals surface area (Å²) in [5.41, 5.74) is 5.90. The van der Waals surface area contributed by atoms with Gasteiger partial charge in [-0.3, -0.25) is 4.79 Å². The second kappa shape index (κ2) is 6.53. The van der Waals surface area contributed by atoms with E-state index in [2.05, 4.69) is 29.4 Å². The van der Waals surface area contributed by atoms with Crippen LogP contribution in [0.25, 0.3) is 16.9 Å². The predicted octanol–water partition coefficient (Wildman–Crippen LogP) is 4.55. The molecule has 0 aliphatic carbocycles. The smallest absolute Gasteiger partial charge is 0.228 e. The average molecular weight is 347 g/mol. The SMILES string of the molecule is Cc1ccn2cc(-c3ccc(NC(=O)Cc4ccsc4)cc3)nc2c1. The van der Waals surface area contributed by atoms with E-state index in [0.29, 0.717) is 6.42 Å². The molecule has 0 bridgehead atoms. The van der Waals surface area contributed by atoms with Crippen LogP contribution in [-0.4, -0.2) is 15.3 Å². The predicted molar refractivity (Wildman–Crippen MR) is 102 cm³/mol. The van der Waals surface area contributed by atoms with E-state index in [9.17, 15) is 4.79 Å². The molecule has 0 aliphatic heterocycles. The second-order valence-electron chi connectivity index (χ2n) is 6.03. The van der Waals surface area contributed by atoms with Crippen LogP contribution >= 0.6 is 11.3 Å². The summed E-state index contributed by atoms with van der Waals surface area (Å²) in [7, 11) is 0. The van der Waals surface area contributed by atoms with Crippen molar-refractivity contribution in [3.63, 3.8) is 0 Å². The summed E-state index contributed by atoms with van der Waals surface area (Å²) >= 11 is 1.60. The molecular formula is C20H17N3OS. The Morgan fingerprint density at radius 1 is 1.20 bits per heavy atom. The van der Waals surface area contributed by atoms with Crippen molar-refractivity contribution < 1.29 is 4.79 Å². The van der Waals surface area contributed by atoms with Crippen molar-refractivity contribution in [2.45, 2.75) is 13.3 Å². The second-order valence-corrected chi connectivity index (χ2v) is 6.81. The Kier molecular flexibility index (Phi) is 4.07. The molecule has 0 spiro atoms. The van der Waals surface area contributed by atoms with Gasteiger partial charge in [-0.2, -0.15) is 11.3 Å². The van der Waals surface area contributed by atoms with Crippen molar-refractivity contribution in [3.8, 4) is 11.3 Å². The molecule has 0 aliphatic rings. The van der Waals surface area contributed by atoms with Crippen LogP contribution in [0.5, 0.6) is 0 Å². The van der Waals surface area contributed by atoms with Gasteiger partial charge in [0.2, 0.25) is 5.91 Å².